The average Bonchev–Trinajstić information content (AvgIpc) is 2.23. The van der Waals surface area contributed by atoms with Gasteiger partial charge >= 0.3 is 0 Å². The van der Waals surface area contributed by atoms with Gasteiger partial charge in [-0.2, -0.15) is 0 Å². The van der Waals surface area contributed by atoms with E-state index in [2.05, 4.69) is 42.5 Å². The third-order valence-electron chi connectivity index (χ3n) is 2.07. The molecular formula is C11H14Br2N2O. The first-order valence-corrected chi connectivity index (χ1v) is 6.63. The summed E-state index contributed by atoms with van der Waals surface area (Å²) in [5.41, 5.74) is 0.890. The van der Waals surface area contributed by atoms with Gasteiger partial charge < -0.3 is 10.6 Å². The molecule has 0 bridgehead atoms. The first kappa shape index (κ1) is 13.5. The Morgan fingerprint density at radius 3 is 2.44 bits per heavy atom. The number of likely N-dealkylation sites (N-methyl/N-ethyl adjacent to an activating group) is 1. The van der Waals surface area contributed by atoms with Crippen molar-refractivity contribution in [2.45, 2.75) is 19.9 Å². The van der Waals surface area contributed by atoms with Gasteiger partial charge in [0.2, 0.25) is 5.91 Å². The number of anilines is 1. The van der Waals surface area contributed by atoms with Crippen LogP contribution >= 0.6 is 31.9 Å². The molecule has 1 amide bonds. The zero-order chi connectivity index (χ0) is 12.1. The lowest BCUT2D eigenvalue weighted by molar-refractivity contribution is -0.121. The second-order valence-electron chi connectivity index (χ2n) is 3.36. The molecule has 0 heterocycles. The topological polar surface area (TPSA) is 41.1 Å². The van der Waals surface area contributed by atoms with E-state index in [1.165, 1.54) is 0 Å². The largest absolute Gasteiger partial charge is 0.372 e. The summed E-state index contributed by atoms with van der Waals surface area (Å²) in [6, 6.07) is 5.51. The van der Waals surface area contributed by atoms with Crippen LogP contribution in [0, 0.1) is 0 Å². The van der Waals surface area contributed by atoms with Gasteiger partial charge in [-0.25, -0.2) is 0 Å². The molecular weight excluding hydrogens is 336 g/mol. The number of rotatable bonds is 4. The second kappa shape index (κ2) is 6.25. The van der Waals surface area contributed by atoms with Gasteiger partial charge in [0.1, 0.15) is 6.04 Å². The lowest BCUT2D eigenvalue weighted by Gasteiger charge is -2.16. The van der Waals surface area contributed by atoms with E-state index in [0.29, 0.717) is 6.54 Å². The van der Waals surface area contributed by atoms with Crippen molar-refractivity contribution < 1.29 is 4.79 Å². The van der Waals surface area contributed by atoms with E-state index in [1.54, 1.807) is 0 Å². The Balaban J connectivity index is 2.76. The fraction of sp³-hybridized carbons (Fsp3) is 0.364. The Bertz CT molecular complexity index is 362. The van der Waals surface area contributed by atoms with E-state index in [-0.39, 0.29) is 11.9 Å². The SMILES string of the molecule is CCNC(=O)C(C)Nc1c(Br)cccc1Br. The van der Waals surface area contributed by atoms with Crippen LogP contribution in [-0.4, -0.2) is 18.5 Å². The molecule has 0 aliphatic carbocycles. The minimum absolute atomic E-state index is 0.00912. The lowest BCUT2D eigenvalue weighted by atomic mass is 10.2. The van der Waals surface area contributed by atoms with E-state index in [4.69, 9.17) is 0 Å². The maximum absolute atomic E-state index is 11.6. The third-order valence-corrected chi connectivity index (χ3v) is 3.39. The Morgan fingerprint density at radius 1 is 1.38 bits per heavy atom. The zero-order valence-electron chi connectivity index (χ0n) is 9.18. The van der Waals surface area contributed by atoms with E-state index in [1.807, 2.05) is 32.0 Å². The van der Waals surface area contributed by atoms with Crippen molar-refractivity contribution in [3.63, 3.8) is 0 Å². The highest BCUT2D eigenvalue weighted by molar-refractivity contribution is 9.11. The van der Waals surface area contributed by atoms with Crippen molar-refractivity contribution in [1.29, 1.82) is 0 Å². The van der Waals surface area contributed by atoms with Crippen LogP contribution in [0.3, 0.4) is 0 Å². The van der Waals surface area contributed by atoms with Crippen molar-refractivity contribution in [3.8, 4) is 0 Å². The van der Waals surface area contributed by atoms with Crippen LogP contribution in [-0.2, 0) is 4.79 Å². The molecule has 0 fully saturated rings. The minimum Gasteiger partial charge on any atom is -0.372 e. The lowest BCUT2D eigenvalue weighted by Crippen LogP contribution is -2.37. The van der Waals surface area contributed by atoms with Crippen molar-refractivity contribution in [1.82, 2.24) is 5.32 Å². The molecule has 16 heavy (non-hydrogen) atoms. The van der Waals surface area contributed by atoms with E-state index >= 15 is 0 Å². The van der Waals surface area contributed by atoms with Crippen LogP contribution in [0.1, 0.15) is 13.8 Å². The summed E-state index contributed by atoms with van der Waals surface area (Å²) < 4.78 is 1.86. The number of hydrogen-bond donors (Lipinski definition) is 2. The molecule has 0 saturated carbocycles. The first-order chi connectivity index (χ1) is 7.56. The van der Waals surface area contributed by atoms with Crippen LogP contribution in [0.2, 0.25) is 0 Å². The molecule has 0 spiro atoms. The predicted molar refractivity (Wildman–Crippen MR) is 73.6 cm³/mol. The van der Waals surface area contributed by atoms with Gasteiger partial charge in [-0.05, 0) is 57.8 Å². The highest BCUT2D eigenvalue weighted by Gasteiger charge is 2.14. The van der Waals surface area contributed by atoms with E-state index in [0.717, 1.165) is 14.6 Å². The van der Waals surface area contributed by atoms with Gasteiger partial charge in [0, 0.05) is 15.5 Å². The minimum atomic E-state index is -0.269. The van der Waals surface area contributed by atoms with Gasteiger partial charge in [0.25, 0.3) is 0 Å². The number of para-hydroxylation sites is 1. The molecule has 0 saturated heterocycles. The van der Waals surface area contributed by atoms with E-state index < -0.39 is 0 Å². The summed E-state index contributed by atoms with van der Waals surface area (Å²) in [7, 11) is 0. The molecule has 0 aliphatic rings. The number of halogens is 2. The summed E-state index contributed by atoms with van der Waals surface area (Å²) >= 11 is 6.88. The molecule has 0 radical (unpaired) electrons. The molecule has 0 aromatic heterocycles. The Hall–Kier alpha value is -0.550. The van der Waals surface area contributed by atoms with Crippen LogP contribution in [0.4, 0.5) is 5.69 Å². The molecule has 1 aromatic rings. The smallest absolute Gasteiger partial charge is 0.242 e. The van der Waals surface area contributed by atoms with Crippen LogP contribution in [0.5, 0.6) is 0 Å². The standard InChI is InChI=1S/C11H14Br2N2O/c1-3-14-11(16)7(2)15-10-8(12)5-4-6-9(10)13/h4-7,15H,3H2,1-2H3,(H,14,16). The highest BCUT2D eigenvalue weighted by atomic mass is 79.9. The van der Waals surface area contributed by atoms with Gasteiger partial charge in [-0.3, -0.25) is 4.79 Å². The van der Waals surface area contributed by atoms with Crippen molar-refractivity contribution in [3.05, 3.63) is 27.1 Å². The third kappa shape index (κ3) is 3.49. The molecule has 3 nitrogen and oxygen atoms in total. The van der Waals surface area contributed by atoms with Crippen molar-refractivity contribution >= 4 is 43.5 Å². The number of carbonyl (C=O) groups excluding carboxylic acids is 1. The Morgan fingerprint density at radius 2 is 1.94 bits per heavy atom. The molecule has 1 aromatic carbocycles. The van der Waals surface area contributed by atoms with Crippen molar-refractivity contribution in [2.75, 3.05) is 11.9 Å². The van der Waals surface area contributed by atoms with Crippen LogP contribution in [0.15, 0.2) is 27.1 Å². The molecule has 2 N–H and O–H groups in total. The first-order valence-electron chi connectivity index (χ1n) is 5.04. The summed E-state index contributed by atoms with van der Waals surface area (Å²) in [6.07, 6.45) is 0. The number of carbonyl (C=O) groups is 1. The molecule has 1 unspecified atom stereocenters. The number of hydrogen-bond acceptors (Lipinski definition) is 2. The van der Waals surface area contributed by atoms with Crippen LogP contribution < -0.4 is 10.6 Å². The highest BCUT2D eigenvalue weighted by Crippen LogP contribution is 2.30. The number of nitrogens with one attached hydrogen (secondary N) is 2. The fourth-order valence-corrected chi connectivity index (χ4v) is 2.47. The summed E-state index contributed by atoms with van der Waals surface area (Å²) in [5.74, 6) is -0.00912. The van der Waals surface area contributed by atoms with Crippen molar-refractivity contribution in [2.24, 2.45) is 0 Å². The Labute approximate surface area is 112 Å². The zero-order valence-corrected chi connectivity index (χ0v) is 12.4. The van der Waals surface area contributed by atoms with Crippen LogP contribution in [0.25, 0.3) is 0 Å². The maximum Gasteiger partial charge on any atom is 0.242 e. The summed E-state index contributed by atoms with van der Waals surface area (Å²) in [6.45, 7) is 4.37. The van der Waals surface area contributed by atoms with Gasteiger partial charge in [-0.15, -0.1) is 0 Å². The van der Waals surface area contributed by atoms with Gasteiger partial charge in [0.15, 0.2) is 0 Å². The molecule has 1 atom stereocenters. The molecule has 5 heteroatoms. The van der Waals surface area contributed by atoms with E-state index in [9.17, 15) is 4.79 Å². The van der Waals surface area contributed by atoms with Gasteiger partial charge in [0.05, 0.1) is 5.69 Å². The Kier molecular flexibility index (Phi) is 5.28. The number of benzene rings is 1. The fourth-order valence-electron chi connectivity index (χ4n) is 1.25. The number of amides is 1. The quantitative estimate of drug-likeness (QED) is 0.876. The molecule has 1 rings (SSSR count). The average molecular weight is 350 g/mol. The second-order valence-corrected chi connectivity index (χ2v) is 5.07. The summed E-state index contributed by atoms with van der Waals surface area (Å²) in [4.78, 5) is 11.6. The normalized spacial score (nSPS) is 12.0. The van der Waals surface area contributed by atoms with Gasteiger partial charge in [-0.1, -0.05) is 6.07 Å². The maximum atomic E-state index is 11.6. The summed E-state index contributed by atoms with van der Waals surface area (Å²) in [5, 5.41) is 5.93. The monoisotopic (exact) mass is 348 g/mol. The predicted octanol–water partition coefficient (Wildman–Crippen LogP) is 3.15. The molecule has 88 valence electrons. The molecule has 0 aliphatic heterocycles.